The summed E-state index contributed by atoms with van der Waals surface area (Å²) >= 11 is 1.54. The number of hydrazine groups is 1. The highest BCUT2D eigenvalue weighted by Gasteiger charge is 2.12. The van der Waals surface area contributed by atoms with E-state index in [0.29, 0.717) is 12.4 Å². The molecule has 2 unspecified atom stereocenters. The Morgan fingerprint density at radius 1 is 1.44 bits per heavy atom. The second-order valence-electron chi connectivity index (χ2n) is 4.31. The molecule has 0 aliphatic carbocycles. The zero-order valence-corrected chi connectivity index (χ0v) is 11.2. The standard InChI is InChI=1S/C11H17N5OS/c1-6(5-7(2)17)13-9-8-3-4-18-10(8)15-11(14-9)16-12/h3-4,6-7,17H,5,12H2,1-2H3,(H2,13,14,15,16). The zero-order valence-electron chi connectivity index (χ0n) is 10.3. The number of nitrogens with one attached hydrogen (secondary N) is 2. The van der Waals surface area contributed by atoms with Crippen molar-refractivity contribution in [2.75, 3.05) is 10.7 Å². The van der Waals surface area contributed by atoms with Crippen LogP contribution in [0.5, 0.6) is 0 Å². The number of nitrogens with two attached hydrogens (primary N) is 1. The molecule has 18 heavy (non-hydrogen) atoms. The number of aromatic nitrogens is 2. The summed E-state index contributed by atoms with van der Waals surface area (Å²) in [6.07, 6.45) is 0.306. The highest BCUT2D eigenvalue weighted by Crippen LogP contribution is 2.26. The molecule has 0 aliphatic rings. The third-order valence-corrected chi connectivity index (χ3v) is 3.34. The number of rotatable bonds is 5. The van der Waals surface area contributed by atoms with Crippen LogP contribution in [0.25, 0.3) is 10.2 Å². The minimum atomic E-state index is -0.348. The number of thiophene rings is 1. The smallest absolute Gasteiger partial charge is 0.240 e. The first-order valence-corrected chi connectivity index (χ1v) is 6.64. The molecule has 5 N–H and O–H groups in total. The highest BCUT2D eigenvalue weighted by molar-refractivity contribution is 7.16. The van der Waals surface area contributed by atoms with Gasteiger partial charge in [-0.25, -0.2) is 10.8 Å². The molecule has 0 amide bonds. The topological polar surface area (TPSA) is 96.1 Å². The van der Waals surface area contributed by atoms with Crippen molar-refractivity contribution in [1.82, 2.24) is 9.97 Å². The van der Waals surface area contributed by atoms with E-state index in [0.717, 1.165) is 16.0 Å². The van der Waals surface area contributed by atoms with Crippen molar-refractivity contribution >= 4 is 33.3 Å². The van der Waals surface area contributed by atoms with E-state index in [4.69, 9.17) is 5.84 Å². The quantitative estimate of drug-likeness (QED) is 0.485. The predicted octanol–water partition coefficient (Wildman–Crippen LogP) is 1.55. The van der Waals surface area contributed by atoms with Crippen LogP contribution in [-0.2, 0) is 0 Å². The minimum absolute atomic E-state index is 0.119. The maximum atomic E-state index is 9.37. The highest BCUT2D eigenvalue weighted by atomic mass is 32.1. The molecule has 0 spiro atoms. The van der Waals surface area contributed by atoms with Gasteiger partial charge >= 0.3 is 0 Å². The molecule has 0 aromatic carbocycles. The monoisotopic (exact) mass is 267 g/mol. The van der Waals surface area contributed by atoms with Gasteiger partial charge in [0.25, 0.3) is 0 Å². The van der Waals surface area contributed by atoms with Crippen LogP contribution in [0.1, 0.15) is 20.3 Å². The van der Waals surface area contributed by atoms with Gasteiger partial charge in [-0.3, -0.25) is 5.43 Å². The Morgan fingerprint density at radius 2 is 2.22 bits per heavy atom. The molecule has 2 atom stereocenters. The molecular weight excluding hydrogens is 250 g/mol. The number of aliphatic hydroxyl groups excluding tert-OH is 1. The number of anilines is 2. The van der Waals surface area contributed by atoms with Crippen LogP contribution in [0.3, 0.4) is 0 Å². The lowest BCUT2D eigenvalue weighted by Crippen LogP contribution is -2.22. The summed E-state index contributed by atoms with van der Waals surface area (Å²) in [5.74, 6) is 6.48. The van der Waals surface area contributed by atoms with Gasteiger partial charge in [0.15, 0.2) is 0 Å². The van der Waals surface area contributed by atoms with Crippen molar-refractivity contribution < 1.29 is 5.11 Å². The summed E-state index contributed by atoms with van der Waals surface area (Å²) in [7, 11) is 0. The maximum absolute atomic E-state index is 9.37. The number of hydrogen-bond donors (Lipinski definition) is 4. The van der Waals surface area contributed by atoms with Crippen molar-refractivity contribution in [3.63, 3.8) is 0 Å². The summed E-state index contributed by atoms with van der Waals surface area (Å²) in [6.45, 7) is 3.77. The van der Waals surface area contributed by atoms with Gasteiger partial charge in [0.1, 0.15) is 10.6 Å². The molecule has 0 fully saturated rings. The average molecular weight is 267 g/mol. The van der Waals surface area contributed by atoms with Gasteiger partial charge < -0.3 is 10.4 Å². The minimum Gasteiger partial charge on any atom is -0.393 e. The van der Waals surface area contributed by atoms with Gasteiger partial charge in [-0.15, -0.1) is 11.3 Å². The van der Waals surface area contributed by atoms with Crippen molar-refractivity contribution in [1.29, 1.82) is 0 Å². The lowest BCUT2D eigenvalue weighted by molar-refractivity contribution is 0.179. The Morgan fingerprint density at radius 3 is 2.89 bits per heavy atom. The number of nitrogens with zero attached hydrogens (tertiary/aromatic N) is 2. The summed E-state index contributed by atoms with van der Waals surface area (Å²) < 4.78 is 0. The summed E-state index contributed by atoms with van der Waals surface area (Å²) in [4.78, 5) is 9.45. The van der Waals surface area contributed by atoms with Crippen LogP contribution in [0.4, 0.5) is 11.8 Å². The summed E-state index contributed by atoms with van der Waals surface area (Å²) in [5.41, 5.74) is 2.46. The first-order chi connectivity index (χ1) is 8.60. The lowest BCUT2D eigenvalue weighted by atomic mass is 10.1. The van der Waals surface area contributed by atoms with Crippen molar-refractivity contribution in [2.24, 2.45) is 5.84 Å². The first-order valence-electron chi connectivity index (χ1n) is 5.76. The molecule has 0 aliphatic heterocycles. The second kappa shape index (κ2) is 5.47. The number of aliphatic hydroxyl groups is 1. The van der Waals surface area contributed by atoms with Crippen LogP contribution in [0, 0.1) is 0 Å². The van der Waals surface area contributed by atoms with Gasteiger partial charge in [0, 0.05) is 6.04 Å². The van der Waals surface area contributed by atoms with Crippen LogP contribution < -0.4 is 16.6 Å². The van der Waals surface area contributed by atoms with Crippen LogP contribution in [0.2, 0.25) is 0 Å². The Kier molecular flexibility index (Phi) is 3.95. The largest absolute Gasteiger partial charge is 0.393 e. The fourth-order valence-corrected chi connectivity index (χ4v) is 2.60. The van der Waals surface area contributed by atoms with Crippen molar-refractivity contribution in [2.45, 2.75) is 32.4 Å². The molecule has 6 nitrogen and oxygen atoms in total. The fraction of sp³-hybridized carbons (Fsp3) is 0.455. The van der Waals surface area contributed by atoms with E-state index in [-0.39, 0.29) is 12.1 Å². The SMILES string of the molecule is CC(O)CC(C)Nc1nc(NN)nc2sccc12. The van der Waals surface area contributed by atoms with Gasteiger partial charge in [-0.2, -0.15) is 4.98 Å². The third kappa shape index (κ3) is 2.87. The molecule has 98 valence electrons. The van der Waals surface area contributed by atoms with Gasteiger partial charge in [-0.05, 0) is 31.7 Å². The molecule has 2 aromatic heterocycles. The molecular formula is C11H17N5OS. The summed E-state index contributed by atoms with van der Waals surface area (Å²) in [5, 5.41) is 15.6. The number of fused-ring (bicyclic) bond motifs is 1. The molecule has 2 rings (SSSR count). The van der Waals surface area contributed by atoms with E-state index < -0.39 is 0 Å². The molecule has 7 heteroatoms. The van der Waals surface area contributed by atoms with Crippen LogP contribution in [0.15, 0.2) is 11.4 Å². The van der Waals surface area contributed by atoms with Crippen molar-refractivity contribution in [3.05, 3.63) is 11.4 Å². The van der Waals surface area contributed by atoms with Crippen molar-refractivity contribution in [3.8, 4) is 0 Å². The Balaban J connectivity index is 2.28. The number of hydrogen-bond acceptors (Lipinski definition) is 7. The third-order valence-electron chi connectivity index (χ3n) is 2.53. The Hall–Kier alpha value is -1.44. The molecule has 2 heterocycles. The lowest BCUT2D eigenvalue weighted by Gasteiger charge is -2.16. The van der Waals surface area contributed by atoms with E-state index in [1.807, 2.05) is 18.4 Å². The van der Waals surface area contributed by atoms with E-state index >= 15 is 0 Å². The maximum Gasteiger partial charge on any atom is 0.240 e. The summed E-state index contributed by atoms with van der Waals surface area (Å²) in [6, 6.07) is 2.09. The van der Waals surface area contributed by atoms with E-state index in [1.165, 1.54) is 11.3 Å². The van der Waals surface area contributed by atoms with Gasteiger partial charge in [0.2, 0.25) is 5.95 Å². The molecule has 2 aromatic rings. The van der Waals surface area contributed by atoms with Crippen LogP contribution in [-0.4, -0.2) is 27.2 Å². The average Bonchev–Trinajstić information content (AvgIpc) is 2.75. The Bertz CT molecular complexity index is 527. The molecule has 0 bridgehead atoms. The molecule has 0 saturated carbocycles. The molecule has 0 saturated heterocycles. The molecule has 0 radical (unpaired) electrons. The normalized spacial score (nSPS) is 14.4. The fourth-order valence-electron chi connectivity index (χ4n) is 1.83. The van der Waals surface area contributed by atoms with E-state index in [9.17, 15) is 5.11 Å². The number of nitrogen functional groups attached to an aromatic ring is 1. The first kappa shape index (κ1) is 13.0. The van der Waals surface area contributed by atoms with Gasteiger partial charge in [-0.1, -0.05) is 0 Å². The van der Waals surface area contributed by atoms with E-state index in [2.05, 4.69) is 20.7 Å². The van der Waals surface area contributed by atoms with Gasteiger partial charge in [0.05, 0.1) is 11.5 Å². The second-order valence-corrected chi connectivity index (χ2v) is 5.20. The van der Waals surface area contributed by atoms with E-state index in [1.54, 1.807) is 6.92 Å². The zero-order chi connectivity index (χ0) is 13.1. The predicted molar refractivity (Wildman–Crippen MR) is 74.6 cm³/mol. The van der Waals surface area contributed by atoms with Crippen LogP contribution >= 0.6 is 11.3 Å². The Labute approximate surface area is 109 Å².